The standard InChI is InChI=1S/C15H28N2O3/c1-13(2,3)12(19)16-9-11(18)17-10-8-15(6,20-7)14(10,4)5/h10H,8-9H2,1-7H3,(H,16,19)(H,17,18)/t10-,15+/m1/s1. The van der Waals surface area contributed by atoms with Crippen LogP contribution in [0.2, 0.25) is 0 Å². The van der Waals surface area contributed by atoms with Gasteiger partial charge in [0.1, 0.15) is 0 Å². The Morgan fingerprint density at radius 1 is 1.25 bits per heavy atom. The molecule has 0 aromatic rings. The molecule has 1 fully saturated rings. The number of ether oxygens (including phenoxy) is 1. The summed E-state index contributed by atoms with van der Waals surface area (Å²) in [4.78, 5) is 23.6. The van der Waals surface area contributed by atoms with Crippen molar-refractivity contribution in [1.82, 2.24) is 10.6 Å². The molecule has 0 unspecified atom stereocenters. The maximum absolute atomic E-state index is 11.9. The van der Waals surface area contributed by atoms with E-state index in [9.17, 15) is 9.59 Å². The van der Waals surface area contributed by atoms with E-state index in [1.54, 1.807) is 7.11 Å². The van der Waals surface area contributed by atoms with Gasteiger partial charge >= 0.3 is 0 Å². The lowest BCUT2D eigenvalue weighted by Crippen LogP contribution is -2.69. The first-order valence-corrected chi connectivity index (χ1v) is 7.07. The zero-order chi connectivity index (χ0) is 15.8. The molecule has 116 valence electrons. The van der Waals surface area contributed by atoms with Gasteiger partial charge in [0, 0.05) is 24.0 Å². The van der Waals surface area contributed by atoms with E-state index < -0.39 is 5.41 Å². The molecule has 1 saturated carbocycles. The number of hydrogen-bond acceptors (Lipinski definition) is 3. The fourth-order valence-corrected chi connectivity index (χ4v) is 2.39. The molecule has 0 radical (unpaired) electrons. The highest BCUT2D eigenvalue weighted by Gasteiger charge is 2.58. The predicted molar refractivity (Wildman–Crippen MR) is 78.2 cm³/mol. The van der Waals surface area contributed by atoms with E-state index in [0.29, 0.717) is 0 Å². The van der Waals surface area contributed by atoms with Crippen LogP contribution >= 0.6 is 0 Å². The van der Waals surface area contributed by atoms with Crippen molar-refractivity contribution in [3.05, 3.63) is 0 Å². The highest BCUT2D eigenvalue weighted by Crippen LogP contribution is 2.51. The van der Waals surface area contributed by atoms with Crippen molar-refractivity contribution in [2.24, 2.45) is 10.8 Å². The number of amides is 2. The van der Waals surface area contributed by atoms with E-state index in [2.05, 4.69) is 31.4 Å². The van der Waals surface area contributed by atoms with Crippen LogP contribution in [0.4, 0.5) is 0 Å². The van der Waals surface area contributed by atoms with Gasteiger partial charge in [-0.15, -0.1) is 0 Å². The summed E-state index contributed by atoms with van der Waals surface area (Å²) in [6.45, 7) is 11.7. The number of methoxy groups -OCH3 is 1. The van der Waals surface area contributed by atoms with E-state index >= 15 is 0 Å². The molecule has 1 rings (SSSR count). The summed E-state index contributed by atoms with van der Waals surface area (Å²) in [5.74, 6) is -0.277. The summed E-state index contributed by atoms with van der Waals surface area (Å²) in [5, 5.41) is 5.63. The number of carbonyl (C=O) groups excluding carboxylic acids is 2. The Morgan fingerprint density at radius 2 is 1.80 bits per heavy atom. The summed E-state index contributed by atoms with van der Waals surface area (Å²) in [5.41, 5.74) is -0.810. The summed E-state index contributed by atoms with van der Waals surface area (Å²) < 4.78 is 5.52. The van der Waals surface area contributed by atoms with Crippen LogP contribution in [0.5, 0.6) is 0 Å². The van der Waals surface area contributed by atoms with E-state index in [-0.39, 0.29) is 35.4 Å². The largest absolute Gasteiger partial charge is 0.378 e. The average molecular weight is 284 g/mol. The highest BCUT2D eigenvalue weighted by molar-refractivity contribution is 5.87. The Kier molecular flexibility index (Phi) is 4.54. The minimum Gasteiger partial charge on any atom is -0.378 e. The smallest absolute Gasteiger partial charge is 0.239 e. The first-order chi connectivity index (χ1) is 8.94. The van der Waals surface area contributed by atoms with Crippen molar-refractivity contribution >= 4 is 11.8 Å². The normalized spacial score (nSPS) is 28.4. The second-order valence-electron chi connectivity index (χ2n) is 7.41. The zero-order valence-corrected chi connectivity index (χ0v) is 13.7. The van der Waals surface area contributed by atoms with Crippen LogP contribution in [0.3, 0.4) is 0 Å². The molecule has 2 amide bonds. The van der Waals surface area contributed by atoms with Crippen LogP contribution in [0.1, 0.15) is 48.0 Å². The molecule has 2 atom stereocenters. The summed E-state index contributed by atoms with van der Waals surface area (Å²) in [7, 11) is 1.70. The lowest BCUT2D eigenvalue weighted by atomic mass is 9.56. The monoisotopic (exact) mass is 284 g/mol. The van der Waals surface area contributed by atoms with Crippen molar-refractivity contribution < 1.29 is 14.3 Å². The number of carbonyl (C=O) groups is 2. The third-order valence-electron chi connectivity index (χ3n) is 4.70. The fraction of sp³-hybridized carbons (Fsp3) is 0.867. The van der Waals surface area contributed by atoms with Crippen LogP contribution < -0.4 is 10.6 Å². The molecule has 0 heterocycles. The molecule has 5 heteroatoms. The molecule has 20 heavy (non-hydrogen) atoms. The maximum Gasteiger partial charge on any atom is 0.239 e. The lowest BCUT2D eigenvalue weighted by Gasteiger charge is -2.59. The van der Waals surface area contributed by atoms with Crippen LogP contribution in [0.25, 0.3) is 0 Å². The number of rotatable bonds is 4. The van der Waals surface area contributed by atoms with Crippen LogP contribution in [0.15, 0.2) is 0 Å². The molecular formula is C15H28N2O3. The third kappa shape index (κ3) is 3.14. The second kappa shape index (κ2) is 5.35. The predicted octanol–water partition coefficient (Wildman–Crippen LogP) is 1.47. The van der Waals surface area contributed by atoms with Crippen molar-refractivity contribution in [2.75, 3.05) is 13.7 Å². The van der Waals surface area contributed by atoms with Gasteiger partial charge in [-0.1, -0.05) is 34.6 Å². The molecule has 0 aliphatic heterocycles. The van der Waals surface area contributed by atoms with Crippen molar-refractivity contribution in [3.63, 3.8) is 0 Å². The van der Waals surface area contributed by atoms with Crippen LogP contribution in [-0.2, 0) is 14.3 Å². The van der Waals surface area contributed by atoms with E-state index in [0.717, 1.165) is 6.42 Å². The summed E-state index contributed by atoms with van der Waals surface area (Å²) in [6.07, 6.45) is 0.787. The molecule has 0 spiro atoms. The van der Waals surface area contributed by atoms with Crippen LogP contribution in [0, 0.1) is 10.8 Å². The van der Waals surface area contributed by atoms with Gasteiger partial charge in [-0.2, -0.15) is 0 Å². The Bertz CT molecular complexity index is 398. The molecule has 1 aliphatic carbocycles. The van der Waals surface area contributed by atoms with Gasteiger partial charge in [-0.3, -0.25) is 9.59 Å². The van der Waals surface area contributed by atoms with E-state index in [1.165, 1.54) is 0 Å². The maximum atomic E-state index is 11.9. The van der Waals surface area contributed by atoms with Crippen molar-refractivity contribution in [1.29, 1.82) is 0 Å². The quantitative estimate of drug-likeness (QED) is 0.821. The van der Waals surface area contributed by atoms with Gasteiger partial charge < -0.3 is 15.4 Å². The Morgan fingerprint density at radius 3 is 2.20 bits per heavy atom. The van der Waals surface area contributed by atoms with E-state index in [4.69, 9.17) is 4.74 Å². The molecular weight excluding hydrogens is 256 g/mol. The Hall–Kier alpha value is -1.10. The molecule has 0 aromatic carbocycles. The molecule has 2 N–H and O–H groups in total. The SMILES string of the molecule is CO[C@@]1(C)C[C@@H](NC(=O)CNC(=O)C(C)(C)C)C1(C)C. The third-order valence-corrected chi connectivity index (χ3v) is 4.70. The number of nitrogens with one attached hydrogen (secondary N) is 2. The van der Waals surface area contributed by atoms with Gasteiger partial charge in [0.05, 0.1) is 12.1 Å². The molecule has 5 nitrogen and oxygen atoms in total. The van der Waals surface area contributed by atoms with Gasteiger partial charge in [0.2, 0.25) is 11.8 Å². The molecule has 0 aromatic heterocycles. The molecule has 0 bridgehead atoms. The minimum absolute atomic E-state index is 0.0202. The summed E-state index contributed by atoms with van der Waals surface area (Å²) in [6, 6.07) is 0.0755. The van der Waals surface area contributed by atoms with Crippen molar-refractivity contribution in [3.8, 4) is 0 Å². The molecule has 0 saturated heterocycles. The average Bonchev–Trinajstić information content (AvgIpc) is 2.33. The van der Waals surface area contributed by atoms with Crippen molar-refractivity contribution in [2.45, 2.75) is 59.6 Å². The Balaban J connectivity index is 2.44. The molecule has 1 aliphatic rings. The first-order valence-electron chi connectivity index (χ1n) is 7.07. The topological polar surface area (TPSA) is 67.4 Å². The Labute approximate surface area is 121 Å². The number of hydrogen-bond donors (Lipinski definition) is 2. The van der Waals surface area contributed by atoms with Crippen LogP contribution in [-0.4, -0.2) is 37.1 Å². The summed E-state index contributed by atoms with van der Waals surface area (Å²) >= 11 is 0. The van der Waals surface area contributed by atoms with Gasteiger partial charge in [0.15, 0.2) is 0 Å². The van der Waals surface area contributed by atoms with Gasteiger partial charge in [-0.05, 0) is 13.3 Å². The zero-order valence-electron chi connectivity index (χ0n) is 13.7. The van der Waals surface area contributed by atoms with Gasteiger partial charge in [0.25, 0.3) is 0 Å². The van der Waals surface area contributed by atoms with Gasteiger partial charge in [-0.25, -0.2) is 0 Å². The van der Waals surface area contributed by atoms with E-state index in [1.807, 2.05) is 20.8 Å². The second-order valence-corrected chi connectivity index (χ2v) is 7.41. The highest BCUT2D eigenvalue weighted by atomic mass is 16.5. The first kappa shape index (κ1) is 17.0. The minimum atomic E-state index is -0.482. The lowest BCUT2D eigenvalue weighted by molar-refractivity contribution is -0.182. The fourth-order valence-electron chi connectivity index (χ4n) is 2.39.